The number of aromatic nitrogens is 2. The average molecular weight is 263 g/mol. The van der Waals surface area contributed by atoms with Crippen LogP contribution in [0.25, 0.3) is 0 Å². The van der Waals surface area contributed by atoms with Crippen LogP contribution in [-0.2, 0) is 6.42 Å². The highest BCUT2D eigenvalue weighted by Gasteiger charge is 2.17. The lowest BCUT2D eigenvalue weighted by Gasteiger charge is -2.13. The van der Waals surface area contributed by atoms with Crippen molar-refractivity contribution in [1.82, 2.24) is 15.1 Å². The van der Waals surface area contributed by atoms with Crippen molar-refractivity contribution in [3.63, 3.8) is 0 Å². The molecule has 0 saturated heterocycles. The second-order valence-corrected chi connectivity index (χ2v) is 6.43. The number of nitrogens with one attached hydrogen (secondary N) is 1. The van der Waals surface area contributed by atoms with Crippen LogP contribution in [-0.4, -0.2) is 22.4 Å². The molecule has 0 radical (unpaired) electrons. The zero-order chi connectivity index (χ0) is 13.7. The smallest absolute Gasteiger partial charge is 0.0627 e. The SMILES string of the molecule is CC(CCNC(C)C)Cc1ccn(C2CCCC2)n1. The van der Waals surface area contributed by atoms with Crippen molar-refractivity contribution in [2.45, 2.75) is 71.4 Å². The molecule has 1 atom stereocenters. The lowest BCUT2D eigenvalue weighted by molar-refractivity contribution is 0.447. The van der Waals surface area contributed by atoms with E-state index < -0.39 is 0 Å². The maximum atomic E-state index is 4.77. The van der Waals surface area contributed by atoms with Crippen LogP contribution in [0.15, 0.2) is 12.3 Å². The van der Waals surface area contributed by atoms with Gasteiger partial charge in [0.15, 0.2) is 0 Å². The molecular formula is C16H29N3. The van der Waals surface area contributed by atoms with Crippen LogP contribution in [0.2, 0.25) is 0 Å². The molecule has 0 spiro atoms. The van der Waals surface area contributed by atoms with Crippen LogP contribution < -0.4 is 5.32 Å². The molecule has 19 heavy (non-hydrogen) atoms. The second kappa shape index (κ2) is 7.09. The Morgan fingerprint density at radius 1 is 1.32 bits per heavy atom. The van der Waals surface area contributed by atoms with Crippen molar-refractivity contribution in [3.8, 4) is 0 Å². The van der Waals surface area contributed by atoms with Gasteiger partial charge in [-0.3, -0.25) is 4.68 Å². The Morgan fingerprint density at radius 3 is 2.74 bits per heavy atom. The van der Waals surface area contributed by atoms with Gasteiger partial charge in [0, 0.05) is 12.2 Å². The van der Waals surface area contributed by atoms with Gasteiger partial charge in [0.05, 0.1) is 11.7 Å². The maximum absolute atomic E-state index is 4.77. The van der Waals surface area contributed by atoms with Gasteiger partial charge in [-0.1, -0.05) is 33.6 Å². The lowest BCUT2D eigenvalue weighted by Crippen LogP contribution is -2.25. The first-order valence-electron chi connectivity index (χ1n) is 7.92. The van der Waals surface area contributed by atoms with Gasteiger partial charge in [-0.2, -0.15) is 5.10 Å². The van der Waals surface area contributed by atoms with E-state index >= 15 is 0 Å². The van der Waals surface area contributed by atoms with E-state index in [2.05, 4.69) is 43.0 Å². The van der Waals surface area contributed by atoms with E-state index in [9.17, 15) is 0 Å². The zero-order valence-electron chi connectivity index (χ0n) is 12.7. The van der Waals surface area contributed by atoms with Gasteiger partial charge in [0.25, 0.3) is 0 Å². The van der Waals surface area contributed by atoms with E-state index in [0.29, 0.717) is 18.0 Å². The summed E-state index contributed by atoms with van der Waals surface area (Å²) >= 11 is 0. The molecule has 0 aliphatic heterocycles. The molecule has 1 unspecified atom stereocenters. The van der Waals surface area contributed by atoms with Gasteiger partial charge in [0.1, 0.15) is 0 Å². The molecule has 3 heteroatoms. The number of nitrogens with zero attached hydrogens (tertiary/aromatic N) is 2. The molecule has 108 valence electrons. The van der Waals surface area contributed by atoms with Crippen LogP contribution in [0.5, 0.6) is 0 Å². The monoisotopic (exact) mass is 263 g/mol. The summed E-state index contributed by atoms with van der Waals surface area (Å²) in [6.07, 6.45) is 9.90. The highest BCUT2D eigenvalue weighted by Crippen LogP contribution is 2.28. The predicted molar refractivity (Wildman–Crippen MR) is 80.4 cm³/mol. The van der Waals surface area contributed by atoms with Crippen molar-refractivity contribution in [2.75, 3.05) is 6.54 Å². The molecule has 2 rings (SSSR count). The minimum absolute atomic E-state index is 0.591. The molecule has 1 fully saturated rings. The van der Waals surface area contributed by atoms with E-state index in [4.69, 9.17) is 5.10 Å². The summed E-state index contributed by atoms with van der Waals surface area (Å²) in [7, 11) is 0. The number of rotatable bonds is 7. The number of hydrogen-bond acceptors (Lipinski definition) is 2. The first-order valence-corrected chi connectivity index (χ1v) is 7.92. The van der Waals surface area contributed by atoms with Gasteiger partial charge >= 0.3 is 0 Å². The molecule has 3 nitrogen and oxygen atoms in total. The predicted octanol–water partition coefficient (Wildman–Crippen LogP) is 3.56. The highest BCUT2D eigenvalue weighted by molar-refractivity contribution is 5.01. The Balaban J connectivity index is 1.75. The van der Waals surface area contributed by atoms with Crippen molar-refractivity contribution < 1.29 is 0 Å². The Bertz CT molecular complexity index is 364. The molecule has 0 bridgehead atoms. The summed E-state index contributed by atoms with van der Waals surface area (Å²) in [5, 5.41) is 8.26. The van der Waals surface area contributed by atoms with E-state index in [-0.39, 0.29) is 0 Å². The quantitative estimate of drug-likeness (QED) is 0.815. The third kappa shape index (κ3) is 4.64. The van der Waals surface area contributed by atoms with E-state index in [1.807, 2.05) is 0 Å². The minimum atomic E-state index is 0.591. The first kappa shape index (κ1) is 14.6. The van der Waals surface area contributed by atoms with Crippen LogP contribution in [0, 0.1) is 5.92 Å². The van der Waals surface area contributed by atoms with Gasteiger partial charge in [0.2, 0.25) is 0 Å². The fourth-order valence-corrected chi connectivity index (χ4v) is 2.94. The summed E-state index contributed by atoms with van der Waals surface area (Å²) in [6.45, 7) is 7.85. The molecular weight excluding hydrogens is 234 g/mol. The Morgan fingerprint density at radius 2 is 2.05 bits per heavy atom. The lowest BCUT2D eigenvalue weighted by atomic mass is 10.0. The third-order valence-corrected chi connectivity index (χ3v) is 4.11. The molecule has 1 saturated carbocycles. The van der Waals surface area contributed by atoms with Crippen LogP contribution in [0.1, 0.15) is 64.6 Å². The average Bonchev–Trinajstić information content (AvgIpc) is 2.97. The van der Waals surface area contributed by atoms with E-state index in [1.54, 1.807) is 0 Å². The Kier molecular flexibility index (Phi) is 5.44. The molecule has 0 aromatic carbocycles. The summed E-state index contributed by atoms with van der Waals surface area (Å²) in [4.78, 5) is 0. The molecule has 0 amide bonds. The third-order valence-electron chi connectivity index (χ3n) is 4.11. The van der Waals surface area contributed by atoms with Crippen molar-refractivity contribution in [3.05, 3.63) is 18.0 Å². The van der Waals surface area contributed by atoms with Crippen molar-refractivity contribution in [2.24, 2.45) is 5.92 Å². The molecule has 1 aromatic heterocycles. The summed E-state index contributed by atoms with van der Waals surface area (Å²) in [5.41, 5.74) is 1.27. The maximum Gasteiger partial charge on any atom is 0.0627 e. The second-order valence-electron chi connectivity index (χ2n) is 6.43. The largest absolute Gasteiger partial charge is 0.315 e. The fourth-order valence-electron chi connectivity index (χ4n) is 2.94. The molecule has 1 aliphatic carbocycles. The van der Waals surface area contributed by atoms with E-state index in [1.165, 1.54) is 37.8 Å². The van der Waals surface area contributed by atoms with Crippen LogP contribution >= 0.6 is 0 Å². The Labute approximate surface area is 117 Å². The van der Waals surface area contributed by atoms with E-state index in [0.717, 1.165) is 13.0 Å². The van der Waals surface area contributed by atoms with Gasteiger partial charge in [-0.05, 0) is 44.2 Å². The Hall–Kier alpha value is -0.830. The first-order chi connectivity index (χ1) is 9.15. The molecule has 1 heterocycles. The summed E-state index contributed by atoms with van der Waals surface area (Å²) < 4.78 is 2.21. The topological polar surface area (TPSA) is 29.9 Å². The van der Waals surface area contributed by atoms with Gasteiger partial charge < -0.3 is 5.32 Å². The van der Waals surface area contributed by atoms with Crippen LogP contribution in [0.3, 0.4) is 0 Å². The molecule has 1 aliphatic rings. The zero-order valence-corrected chi connectivity index (χ0v) is 12.7. The van der Waals surface area contributed by atoms with Gasteiger partial charge in [-0.25, -0.2) is 0 Å². The van der Waals surface area contributed by atoms with Gasteiger partial charge in [-0.15, -0.1) is 0 Å². The summed E-state index contributed by atoms with van der Waals surface area (Å²) in [6, 6.07) is 3.48. The normalized spacial score (nSPS) is 18.3. The standard InChI is InChI=1S/C16H29N3/c1-13(2)17-10-8-14(3)12-15-9-11-19(18-15)16-6-4-5-7-16/h9,11,13-14,16-17H,4-8,10,12H2,1-3H3. The molecule has 1 aromatic rings. The highest BCUT2D eigenvalue weighted by atomic mass is 15.3. The number of hydrogen-bond donors (Lipinski definition) is 1. The van der Waals surface area contributed by atoms with Crippen molar-refractivity contribution >= 4 is 0 Å². The fraction of sp³-hybridized carbons (Fsp3) is 0.812. The van der Waals surface area contributed by atoms with Crippen molar-refractivity contribution in [1.29, 1.82) is 0 Å². The minimum Gasteiger partial charge on any atom is -0.315 e. The van der Waals surface area contributed by atoms with Crippen LogP contribution in [0.4, 0.5) is 0 Å². The molecule has 1 N–H and O–H groups in total. The summed E-state index contributed by atoms with van der Waals surface area (Å²) in [5.74, 6) is 0.707.